The zero-order chi connectivity index (χ0) is 22.5. The van der Waals surface area contributed by atoms with Gasteiger partial charge >= 0.3 is 0 Å². The van der Waals surface area contributed by atoms with Gasteiger partial charge in [0.1, 0.15) is 6.04 Å². The molecule has 32 heavy (non-hydrogen) atoms. The number of carbonyl (C=O) groups excluding carboxylic acids is 1. The van der Waals surface area contributed by atoms with Crippen LogP contribution in [-0.2, 0) is 4.79 Å². The number of ether oxygens (including phenoxy) is 2. The Morgan fingerprint density at radius 1 is 1.19 bits per heavy atom. The monoisotopic (exact) mass is 437 g/mol. The van der Waals surface area contributed by atoms with E-state index in [2.05, 4.69) is 11.9 Å². The van der Waals surface area contributed by atoms with E-state index in [1.165, 1.54) is 6.07 Å². The Kier molecular flexibility index (Phi) is 6.58. The van der Waals surface area contributed by atoms with E-state index in [9.17, 15) is 14.9 Å². The SMILES string of the molecule is C=CCN(c1ccccc1)[C@H](C(=O)NC1CCCCC1)c1cc2c(cc1[N+](=O)[O-])OCO2. The quantitative estimate of drug-likeness (QED) is 0.371. The van der Waals surface area contributed by atoms with Crippen molar-refractivity contribution in [3.63, 3.8) is 0 Å². The number of hydrogen-bond donors (Lipinski definition) is 1. The number of fused-ring (bicyclic) bond motifs is 1. The van der Waals surface area contributed by atoms with Crippen molar-refractivity contribution < 1.29 is 19.2 Å². The van der Waals surface area contributed by atoms with Crippen LogP contribution < -0.4 is 19.7 Å². The molecule has 1 fully saturated rings. The van der Waals surface area contributed by atoms with E-state index >= 15 is 0 Å². The van der Waals surface area contributed by atoms with Crippen LogP contribution in [0.1, 0.15) is 43.7 Å². The van der Waals surface area contributed by atoms with E-state index in [-0.39, 0.29) is 30.0 Å². The lowest BCUT2D eigenvalue weighted by Gasteiger charge is -2.34. The molecule has 0 radical (unpaired) electrons. The first-order chi connectivity index (χ1) is 15.6. The number of nitrogens with one attached hydrogen (secondary N) is 1. The highest BCUT2D eigenvalue weighted by molar-refractivity contribution is 5.88. The first-order valence-corrected chi connectivity index (χ1v) is 10.9. The second-order valence-electron chi connectivity index (χ2n) is 8.04. The standard InChI is InChI=1S/C24H27N3O5/c1-2-13-26(18-11-7-4-8-12-18)23(24(28)25-17-9-5-3-6-10-17)19-14-21-22(32-16-31-21)15-20(19)27(29)30/h2,4,7-8,11-12,14-15,17,23H,1,3,5-6,9-10,13,16H2,(H,25,28)/t23-/m0/s1. The average molecular weight is 437 g/mol. The van der Waals surface area contributed by atoms with E-state index in [0.29, 0.717) is 18.0 Å². The van der Waals surface area contributed by atoms with Gasteiger partial charge in [-0.25, -0.2) is 0 Å². The zero-order valence-electron chi connectivity index (χ0n) is 17.9. The molecule has 1 saturated carbocycles. The predicted molar refractivity (Wildman–Crippen MR) is 121 cm³/mol. The number of carbonyl (C=O) groups is 1. The average Bonchev–Trinajstić information content (AvgIpc) is 3.27. The van der Waals surface area contributed by atoms with E-state index in [0.717, 1.165) is 37.8 Å². The third kappa shape index (κ3) is 4.54. The largest absolute Gasteiger partial charge is 0.454 e. The van der Waals surface area contributed by atoms with Crippen molar-refractivity contribution >= 4 is 17.3 Å². The van der Waals surface area contributed by atoms with Crippen molar-refractivity contribution in [2.24, 2.45) is 0 Å². The van der Waals surface area contributed by atoms with Crippen molar-refractivity contribution in [2.45, 2.75) is 44.2 Å². The lowest BCUT2D eigenvalue weighted by atomic mass is 9.94. The van der Waals surface area contributed by atoms with E-state index < -0.39 is 11.0 Å². The maximum atomic E-state index is 13.7. The summed E-state index contributed by atoms with van der Waals surface area (Å²) in [4.78, 5) is 27.0. The summed E-state index contributed by atoms with van der Waals surface area (Å²) >= 11 is 0. The molecule has 8 nitrogen and oxygen atoms in total. The molecule has 0 unspecified atom stereocenters. The number of nitrogens with zero attached hydrogens (tertiary/aromatic N) is 2. The van der Waals surface area contributed by atoms with Crippen LogP contribution in [-0.4, -0.2) is 30.2 Å². The number of amides is 1. The number of anilines is 1. The second kappa shape index (κ2) is 9.72. The third-order valence-corrected chi connectivity index (χ3v) is 5.94. The number of nitro benzene ring substituents is 1. The number of rotatable bonds is 8. The Balaban J connectivity index is 1.80. The second-order valence-corrected chi connectivity index (χ2v) is 8.04. The van der Waals surface area contributed by atoms with Crippen molar-refractivity contribution in [2.75, 3.05) is 18.2 Å². The van der Waals surface area contributed by atoms with Crippen LogP contribution in [0.5, 0.6) is 11.5 Å². The zero-order valence-corrected chi connectivity index (χ0v) is 17.9. The molecule has 168 valence electrons. The maximum Gasteiger partial charge on any atom is 0.279 e. The van der Waals surface area contributed by atoms with Gasteiger partial charge < -0.3 is 19.7 Å². The molecule has 1 amide bonds. The third-order valence-electron chi connectivity index (χ3n) is 5.94. The molecule has 1 heterocycles. The van der Waals surface area contributed by atoms with Gasteiger partial charge in [-0.15, -0.1) is 6.58 Å². The predicted octanol–water partition coefficient (Wildman–Crippen LogP) is 4.51. The molecule has 1 aliphatic heterocycles. The molecule has 0 saturated heterocycles. The number of benzene rings is 2. The van der Waals surface area contributed by atoms with Crippen LogP contribution in [0, 0.1) is 10.1 Å². The molecule has 1 atom stereocenters. The highest BCUT2D eigenvalue weighted by Gasteiger charge is 2.36. The van der Waals surface area contributed by atoms with Crippen LogP contribution in [0.25, 0.3) is 0 Å². The fraction of sp³-hybridized carbons (Fsp3) is 0.375. The molecule has 8 heteroatoms. The van der Waals surface area contributed by atoms with Crippen molar-refractivity contribution in [3.05, 3.63) is 70.8 Å². The van der Waals surface area contributed by atoms with Crippen LogP contribution in [0.3, 0.4) is 0 Å². The summed E-state index contributed by atoms with van der Waals surface area (Å²) in [6.45, 7) is 4.16. The van der Waals surface area contributed by atoms with Crippen molar-refractivity contribution in [3.8, 4) is 11.5 Å². The van der Waals surface area contributed by atoms with Gasteiger partial charge in [0, 0.05) is 18.3 Å². The van der Waals surface area contributed by atoms with Gasteiger partial charge in [-0.1, -0.05) is 43.5 Å². The Morgan fingerprint density at radius 2 is 1.88 bits per heavy atom. The Bertz CT molecular complexity index is 989. The minimum absolute atomic E-state index is 0.00998. The van der Waals surface area contributed by atoms with Gasteiger partial charge in [0.25, 0.3) is 5.69 Å². The maximum absolute atomic E-state index is 13.7. The van der Waals surface area contributed by atoms with Gasteiger partial charge in [0.15, 0.2) is 11.5 Å². The molecule has 4 rings (SSSR count). The molecular weight excluding hydrogens is 410 g/mol. The molecule has 2 aromatic rings. The lowest BCUT2D eigenvalue weighted by Crippen LogP contribution is -2.45. The van der Waals surface area contributed by atoms with Gasteiger partial charge in [-0.3, -0.25) is 14.9 Å². The highest BCUT2D eigenvalue weighted by Crippen LogP contribution is 2.42. The van der Waals surface area contributed by atoms with Crippen molar-refractivity contribution in [1.29, 1.82) is 0 Å². The molecule has 1 aliphatic carbocycles. The first-order valence-electron chi connectivity index (χ1n) is 10.9. The summed E-state index contributed by atoms with van der Waals surface area (Å²) < 4.78 is 10.8. The smallest absolute Gasteiger partial charge is 0.279 e. The molecule has 0 spiro atoms. The van der Waals surface area contributed by atoms with E-state index in [1.807, 2.05) is 35.2 Å². The fourth-order valence-corrected chi connectivity index (χ4v) is 4.42. The summed E-state index contributed by atoms with van der Waals surface area (Å²) in [6.07, 6.45) is 6.80. The number of para-hydroxylation sites is 1. The Labute approximate surface area is 187 Å². The normalized spacial score (nSPS) is 16.2. The molecule has 0 aromatic heterocycles. The summed E-state index contributed by atoms with van der Waals surface area (Å²) in [6, 6.07) is 11.4. The summed E-state index contributed by atoms with van der Waals surface area (Å²) in [5.41, 5.74) is 0.851. The summed E-state index contributed by atoms with van der Waals surface area (Å²) in [5, 5.41) is 15.1. The van der Waals surface area contributed by atoms with E-state index in [1.54, 1.807) is 12.1 Å². The van der Waals surface area contributed by atoms with E-state index in [4.69, 9.17) is 9.47 Å². The molecule has 0 bridgehead atoms. The Morgan fingerprint density at radius 3 is 2.53 bits per heavy atom. The van der Waals surface area contributed by atoms with Gasteiger partial charge in [-0.2, -0.15) is 0 Å². The molecule has 2 aliphatic rings. The van der Waals surface area contributed by atoms with Gasteiger partial charge in [0.2, 0.25) is 12.7 Å². The van der Waals surface area contributed by atoms with Gasteiger partial charge in [0.05, 0.1) is 16.6 Å². The van der Waals surface area contributed by atoms with Crippen molar-refractivity contribution in [1.82, 2.24) is 5.32 Å². The fourth-order valence-electron chi connectivity index (χ4n) is 4.42. The van der Waals surface area contributed by atoms with Crippen LogP contribution in [0.2, 0.25) is 0 Å². The molecule has 2 aromatic carbocycles. The number of nitro groups is 1. The minimum atomic E-state index is -0.938. The highest BCUT2D eigenvalue weighted by atomic mass is 16.7. The number of hydrogen-bond acceptors (Lipinski definition) is 6. The molecule has 1 N–H and O–H groups in total. The van der Waals surface area contributed by atoms with Crippen LogP contribution >= 0.6 is 0 Å². The Hall–Kier alpha value is -3.55. The summed E-state index contributed by atoms with van der Waals surface area (Å²) in [7, 11) is 0. The molecular formula is C24H27N3O5. The minimum Gasteiger partial charge on any atom is -0.454 e. The van der Waals surface area contributed by atoms with Gasteiger partial charge in [-0.05, 0) is 31.0 Å². The van der Waals surface area contributed by atoms with Crippen LogP contribution in [0.15, 0.2) is 55.1 Å². The first kappa shape index (κ1) is 21.7. The summed E-state index contributed by atoms with van der Waals surface area (Å²) in [5.74, 6) is 0.430. The topological polar surface area (TPSA) is 93.9 Å². The van der Waals surface area contributed by atoms with Crippen LogP contribution in [0.4, 0.5) is 11.4 Å². The lowest BCUT2D eigenvalue weighted by molar-refractivity contribution is -0.385.